The molecule has 0 spiro atoms. The van der Waals surface area contributed by atoms with Crippen molar-refractivity contribution in [2.45, 2.75) is 17.0 Å². The van der Waals surface area contributed by atoms with E-state index < -0.39 is 32.4 Å². The number of phenolic OH excluding ortho intramolecular Hbond substituents is 1. The Labute approximate surface area is 147 Å². The molecule has 0 radical (unpaired) electrons. The van der Waals surface area contributed by atoms with Gasteiger partial charge in [0.05, 0.1) is 5.75 Å². The lowest BCUT2D eigenvalue weighted by molar-refractivity contribution is 0.243. The van der Waals surface area contributed by atoms with E-state index in [2.05, 4.69) is 11.0 Å². The summed E-state index contributed by atoms with van der Waals surface area (Å²) in [5.41, 5.74) is -0.597. The summed E-state index contributed by atoms with van der Waals surface area (Å²) < 4.78 is 27.9. The monoisotopic (exact) mass is 382 g/mol. The number of hydrogen-bond donors (Lipinski definition) is 2. The number of nitrogens with zero attached hydrogens (tertiary/aromatic N) is 3. The van der Waals surface area contributed by atoms with Crippen molar-refractivity contribution in [3.63, 3.8) is 0 Å². The number of carbonyl (C=O) groups excluding carboxylic acids is 1. The largest absolute Gasteiger partial charge is 0.507 e. The lowest BCUT2D eigenvalue weighted by Crippen LogP contribution is -2.40. The smallest absolute Gasteiger partial charge is 0.360 e. The molecular formula is C14H14N4O5S2. The number of sulfonamides is 1. The summed E-state index contributed by atoms with van der Waals surface area (Å²) in [5.74, 6) is 2.06. The first kappa shape index (κ1) is 18.6. The van der Waals surface area contributed by atoms with Crippen molar-refractivity contribution in [1.29, 1.82) is 0 Å². The van der Waals surface area contributed by atoms with Crippen molar-refractivity contribution >= 4 is 27.8 Å². The van der Waals surface area contributed by atoms with E-state index in [1.807, 2.05) is 0 Å². The maximum Gasteiger partial charge on any atom is 0.360 e. The molecule has 0 atom stereocenters. The number of rotatable bonds is 4. The van der Waals surface area contributed by atoms with Gasteiger partial charge < -0.3 is 5.11 Å². The highest BCUT2D eigenvalue weighted by atomic mass is 32.2. The third kappa shape index (κ3) is 3.70. The SMILES string of the molecule is C#CCSc1nn(C(=O)NS(=O)(=O)c2c(C)cccc2O)c(=O)n1C. The molecule has 0 aliphatic rings. The quantitative estimate of drug-likeness (QED) is 0.574. The number of aryl methyl sites for hydroxylation is 1. The third-order valence-electron chi connectivity index (χ3n) is 3.10. The topological polar surface area (TPSA) is 123 Å². The molecule has 0 saturated heterocycles. The molecular weight excluding hydrogens is 368 g/mol. The van der Waals surface area contributed by atoms with Crippen LogP contribution in [0.25, 0.3) is 0 Å². The van der Waals surface area contributed by atoms with E-state index in [0.29, 0.717) is 4.68 Å². The Morgan fingerprint density at radius 3 is 2.76 bits per heavy atom. The predicted molar refractivity (Wildman–Crippen MR) is 91.0 cm³/mol. The number of nitrogens with one attached hydrogen (secondary N) is 1. The molecule has 11 heteroatoms. The number of thioether (sulfide) groups is 1. The normalized spacial score (nSPS) is 11.1. The predicted octanol–water partition coefficient (Wildman–Crippen LogP) is 0.268. The number of amides is 1. The molecule has 1 aromatic heterocycles. The van der Waals surface area contributed by atoms with Crippen LogP contribution in [0.5, 0.6) is 5.75 Å². The van der Waals surface area contributed by atoms with Gasteiger partial charge in [-0.3, -0.25) is 4.57 Å². The van der Waals surface area contributed by atoms with Gasteiger partial charge >= 0.3 is 11.7 Å². The number of hydrogen-bond acceptors (Lipinski definition) is 7. The van der Waals surface area contributed by atoms with Gasteiger partial charge in [0.25, 0.3) is 10.0 Å². The van der Waals surface area contributed by atoms with Crippen LogP contribution in [0.1, 0.15) is 5.56 Å². The average molecular weight is 382 g/mol. The molecule has 25 heavy (non-hydrogen) atoms. The van der Waals surface area contributed by atoms with Crippen molar-refractivity contribution in [1.82, 2.24) is 19.1 Å². The van der Waals surface area contributed by atoms with E-state index in [0.717, 1.165) is 16.3 Å². The van der Waals surface area contributed by atoms with Gasteiger partial charge in [-0.25, -0.2) is 22.7 Å². The summed E-state index contributed by atoms with van der Waals surface area (Å²) in [6.45, 7) is 1.46. The first-order chi connectivity index (χ1) is 11.7. The number of aromatic hydroxyl groups is 1. The number of aromatic nitrogens is 3. The van der Waals surface area contributed by atoms with E-state index in [1.54, 1.807) is 4.72 Å². The Balaban J connectivity index is 2.37. The summed E-state index contributed by atoms with van der Waals surface area (Å²) in [6.07, 6.45) is 5.13. The van der Waals surface area contributed by atoms with Gasteiger partial charge in [-0.2, -0.15) is 0 Å². The van der Waals surface area contributed by atoms with Gasteiger partial charge in [-0.15, -0.1) is 16.2 Å². The maximum absolute atomic E-state index is 12.4. The molecule has 1 heterocycles. The summed E-state index contributed by atoms with van der Waals surface area (Å²) in [7, 11) is -3.03. The van der Waals surface area contributed by atoms with Gasteiger partial charge in [0.15, 0.2) is 5.16 Å². The van der Waals surface area contributed by atoms with Crippen LogP contribution < -0.4 is 10.4 Å². The summed E-state index contributed by atoms with van der Waals surface area (Å²) in [4.78, 5) is 23.8. The Bertz CT molecular complexity index is 1010. The van der Waals surface area contributed by atoms with Crippen LogP contribution in [0.4, 0.5) is 4.79 Å². The van der Waals surface area contributed by atoms with E-state index in [9.17, 15) is 23.1 Å². The zero-order chi connectivity index (χ0) is 18.8. The molecule has 2 N–H and O–H groups in total. The van der Waals surface area contributed by atoms with Gasteiger partial charge in [0, 0.05) is 7.05 Å². The van der Waals surface area contributed by atoms with Crippen molar-refractivity contribution in [3.05, 3.63) is 34.2 Å². The van der Waals surface area contributed by atoms with Crippen LogP contribution in [-0.2, 0) is 17.1 Å². The number of benzene rings is 1. The van der Waals surface area contributed by atoms with Crippen LogP contribution in [-0.4, -0.2) is 39.7 Å². The fourth-order valence-corrected chi connectivity index (χ4v) is 3.86. The van der Waals surface area contributed by atoms with Crippen LogP contribution in [0.2, 0.25) is 0 Å². The minimum Gasteiger partial charge on any atom is -0.507 e. The van der Waals surface area contributed by atoms with Crippen LogP contribution in [0.3, 0.4) is 0 Å². The fourth-order valence-electron chi connectivity index (χ4n) is 1.98. The summed E-state index contributed by atoms with van der Waals surface area (Å²) >= 11 is 1.04. The van der Waals surface area contributed by atoms with E-state index in [4.69, 9.17) is 6.42 Å². The molecule has 0 saturated carbocycles. The number of phenols is 1. The van der Waals surface area contributed by atoms with Crippen LogP contribution >= 0.6 is 11.8 Å². The molecule has 9 nitrogen and oxygen atoms in total. The highest BCUT2D eigenvalue weighted by molar-refractivity contribution is 7.99. The molecule has 2 rings (SSSR count). The minimum atomic E-state index is -4.40. The highest BCUT2D eigenvalue weighted by Gasteiger charge is 2.26. The minimum absolute atomic E-state index is 0.161. The van der Waals surface area contributed by atoms with Crippen molar-refractivity contribution in [2.24, 2.45) is 7.05 Å². The highest BCUT2D eigenvalue weighted by Crippen LogP contribution is 2.25. The molecule has 1 aromatic carbocycles. The van der Waals surface area contributed by atoms with Crippen molar-refractivity contribution in [3.8, 4) is 18.1 Å². The molecule has 2 aromatic rings. The Kier molecular flexibility index (Phi) is 5.24. The summed E-state index contributed by atoms with van der Waals surface area (Å²) in [5, 5.41) is 13.7. The van der Waals surface area contributed by atoms with Gasteiger partial charge in [-0.05, 0) is 18.6 Å². The molecule has 0 unspecified atom stereocenters. The second kappa shape index (κ2) is 7.04. The van der Waals surface area contributed by atoms with E-state index >= 15 is 0 Å². The summed E-state index contributed by atoms with van der Waals surface area (Å²) in [6, 6.07) is 2.83. The van der Waals surface area contributed by atoms with Gasteiger partial charge in [0.2, 0.25) is 0 Å². The Morgan fingerprint density at radius 2 is 2.16 bits per heavy atom. The standard InChI is InChI=1S/C14H14N4O5S2/c1-4-8-24-13-15-18(14(21)17(13)3)12(20)16-25(22,23)11-9(2)6-5-7-10(11)19/h1,5-7,19H,8H2,2-3H3,(H,16,20). The van der Waals surface area contributed by atoms with E-state index in [1.165, 1.54) is 32.2 Å². The average Bonchev–Trinajstić information content (AvgIpc) is 2.80. The first-order valence-electron chi connectivity index (χ1n) is 6.77. The first-order valence-corrected chi connectivity index (χ1v) is 9.24. The van der Waals surface area contributed by atoms with Crippen LogP contribution in [0, 0.1) is 19.3 Å². The second-order valence-electron chi connectivity index (χ2n) is 4.86. The molecule has 132 valence electrons. The lowest BCUT2D eigenvalue weighted by Gasteiger charge is -2.10. The third-order valence-corrected chi connectivity index (χ3v) is 5.54. The molecule has 0 aliphatic heterocycles. The number of terminal acetylenes is 1. The Hall–Kier alpha value is -2.71. The zero-order valence-electron chi connectivity index (χ0n) is 13.3. The Morgan fingerprint density at radius 1 is 1.48 bits per heavy atom. The fraction of sp³-hybridized carbons (Fsp3) is 0.214. The molecule has 0 fully saturated rings. The van der Waals surface area contributed by atoms with Gasteiger partial charge in [-0.1, -0.05) is 29.8 Å². The zero-order valence-corrected chi connectivity index (χ0v) is 14.9. The van der Waals surface area contributed by atoms with E-state index in [-0.39, 0.29) is 16.5 Å². The number of carbonyl (C=O) groups is 1. The molecule has 0 bridgehead atoms. The van der Waals surface area contributed by atoms with Gasteiger partial charge in [0.1, 0.15) is 10.6 Å². The van der Waals surface area contributed by atoms with Crippen molar-refractivity contribution < 1.29 is 18.3 Å². The van der Waals surface area contributed by atoms with Crippen molar-refractivity contribution in [2.75, 3.05) is 5.75 Å². The maximum atomic E-state index is 12.4. The molecule has 0 aliphatic carbocycles. The van der Waals surface area contributed by atoms with Crippen LogP contribution in [0.15, 0.2) is 33.0 Å². The second-order valence-corrected chi connectivity index (χ2v) is 7.42. The molecule has 1 amide bonds. The lowest BCUT2D eigenvalue weighted by atomic mass is 10.2.